The predicted molar refractivity (Wildman–Crippen MR) is 130 cm³/mol. The number of carbonyl (C=O) groups excluding carboxylic acids is 1. The highest BCUT2D eigenvalue weighted by atomic mass is 35.5. The van der Waals surface area contributed by atoms with Crippen LogP contribution in [-0.2, 0) is 11.3 Å². The van der Waals surface area contributed by atoms with Gasteiger partial charge in [-0.3, -0.25) is 14.8 Å². The Morgan fingerprint density at radius 3 is 2.85 bits per heavy atom. The maximum absolute atomic E-state index is 13.4. The van der Waals surface area contributed by atoms with Crippen molar-refractivity contribution in [3.63, 3.8) is 0 Å². The summed E-state index contributed by atoms with van der Waals surface area (Å²) in [6, 6.07) is 5.88. The first-order valence-corrected chi connectivity index (χ1v) is 12.0. The lowest BCUT2D eigenvalue weighted by molar-refractivity contribution is 0.0998. The number of likely N-dealkylation sites (tertiary alicyclic amines) is 1. The molecule has 4 rings (SSSR count). The van der Waals surface area contributed by atoms with Gasteiger partial charge < -0.3 is 19.7 Å². The van der Waals surface area contributed by atoms with Crippen molar-refractivity contribution in [2.24, 2.45) is 10.9 Å². The number of methoxy groups -OCH3 is 1. The number of aromatic nitrogens is 1. The fourth-order valence-corrected chi connectivity index (χ4v) is 4.47. The number of ketones is 1. The predicted octanol–water partition coefficient (Wildman–Crippen LogP) is 4.06. The minimum absolute atomic E-state index is 0.00665. The van der Waals surface area contributed by atoms with E-state index in [0.29, 0.717) is 35.2 Å². The normalized spacial score (nSPS) is 16.9. The SMILES string of the molecule is COCCN1CCC(CNCc2nccc3c2N=C(COc2ccc(F)c(Cl)c2)CC3=O)CC1. The molecule has 0 radical (unpaired) electrons. The molecule has 34 heavy (non-hydrogen) atoms. The Labute approximate surface area is 204 Å². The third-order valence-corrected chi connectivity index (χ3v) is 6.57. The standard InChI is InChI=1S/C25H30ClFN4O3/c1-33-11-10-31-8-5-17(6-9-31)14-28-15-23-25-20(4-7-29-23)24(32)12-18(30-25)16-34-19-2-3-22(27)21(26)13-19/h2-4,7,13,17,28H,5-6,8-12,14-16H2,1H3. The summed E-state index contributed by atoms with van der Waals surface area (Å²) in [6.07, 6.45) is 4.16. The van der Waals surface area contributed by atoms with Crippen LogP contribution in [0.1, 0.15) is 35.3 Å². The van der Waals surface area contributed by atoms with E-state index in [1.807, 2.05) is 0 Å². The van der Waals surface area contributed by atoms with E-state index in [4.69, 9.17) is 26.1 Å². The van der Waals surface area contributed by atoms with E-state index in [1.165, 1.54) is 18.2 Å². The molecule has 1 N–H and O–H groups in total. The number of carbonyl (C=O) groups is 1. The van der Waals surface area contributed by atoms with Gasteiger partial charge in [0.2, 0.25) is 0 Å². The lowest BCUT2D eigenvalue weighted by Crippen LogP contribution is -2.38. The van der Waals surface area contributed by atoms with Gasteiger partial charge in [-0.05, 0) is 56.6 Å². The number of ether oxygens (including phenoxy) is 2. The van der Waals surface area contributed by atoms with E-state index < -0.39 is 5.82 Å². The van der Waals surface area contributed by atoms with Gasteiger partial charge in [0.15, 0.2) is 5.78 Å². The highest BCUT2D eigenvalue weighted by molar-refractivity contribution is 6.30. The summed E-state index contributed by atoms with van der Waals surface area (Å²) in [5.74, 6) is 0.532. The van der Waals surface area contributed by atoms with Crippen LogP contribution in [0.15, 0.2) is 35.5 Å². The number of hydrogen-bond acceptors (Lipinski definition) is 7. The van der Waals surface area contributed by atoms with Crippen molar-refractivity contribution in [3.05, 3.63) is 52.6 Å². The second-order valence-corrected chi connectivity index (χ2v) is 9.11. The smallest absolute Gasteiger partial charge is 0.170 e. The summed E-state index contributed by atoms with van der Waals surface area (Å²) < 4.78 is 24.2. The number of rotatable bonds is 10. The molecule has 182 valence electrons. The van der Waals surface area contributed by atoms with Gasteiger partial charge in [-0.2, -0.15) is 0 Å². The third-order valence-electron chi connectivity index (χ3n) is 6.28. The van der Waals surface area contributed by atoms with Crippen molar-refractivity contribution in [2.45, 2.75) is 25.8 Å². The number of halogens is 2. The van der Waals surface area contributed by atoms with Crippen LogP contribution < -0.4 is 10.1 Å². The molecule has 1 saturated heterocycles. The summed E-state index contributed by atoms with van der Waals surface area (Å²) in [6.45, 7) is 5.53. The zero-order chi connectivity index (χ0) is 23.9. The fourth-order valence-electron chi connectivity index (χ4n) is 4.30. The van der Waals surface area contributed by atoms with E-state index in [2.05, 4.69) is 15.2 Å². The van der Waals surface area contributed by atoms with Crippen molar-refractivity contribution in [1.29, 1.82) is 0 Å². The Hall–Kier alpha value is -2.39. The van der Waals surface area contributed by atoms with Gasteiger partial charge in [-0.15, -0.1) is 0 Å². The molecular formula is C25H30ClFN4O3. The van der Waals surface area contributed by atoms with E-state index in [1.54, 1.807) is 19.4 Å². The molecule has 7 nitrogen and oxygen atoms in total. The van der Waals surface area contributed by atoms with E-state index in [9.17, 15) is 9.18 Å². The van der Waals surface area contributed by atoms with Crippen molar-refractivity contribution in [1.82, 2.24) is 15.2 Å². The molecule has 3 heterocycles. The molecule has 0 spiro atoms. The first-order valence-electron chi connectivity index (χ1n) is 11.6. The maximum Gasteiger partial charge on any atom is 0.170 e. The van der Waals surface area contributed by atoms with Crippen molar-refractivity contribution in [3.8, 4) is 5.75 Å². The number of pyridine rings is 1. The Morgan fingerprint density at radius 1 is 1.26 bits per heavy atom. The third kappa shape index (κ3) is 6.39. The molecular weight excluding hydrogens is 459 g/mol. The second kappa shape index (κ2) is 11.8. The Bertz CT molecular complexity index is 1040. The number of aliphatic imine (C=N–C) groups is 1. The number of piperidine rings is 1. The van der Waals surface area contributed by atoms with Gasteiger partial charge in [-0.25, -0.2) is 4.39 Å². The molecule has 0 bridgehead atoms. The van der Waals surface area contributed by atoms with Crippen LogP contribution >= 0.6 is 11.6 Å². The van der Waals surface area contributed by atoms with Gasteiger partial charge >= 0.3 is 0 Å². The lowest BCUT2D eigenvalue weighted by atomic mass is 9.96. The minimum Gasteiger partial charge on any atom is -0.488 e. The van der Waals surface area contributed by atoms with Crippen LogP contribution in [0.3, 0.4) is 0 Å². The summed E-state index contributed by atoms with van der Waals surface area (Å²) in [4.78, 5) is 24.3. The Morgan fingerprint density at radius 2 is 2.09 bits per heavy atom. The number of nitrogens with one attached hydrogen (secondary N) is 1. The molecule has 1 fully saturated rings. The average molecular weight is 489 g/mol. The molecule has 0 saturated carbocycles. The molecule has 2 aliphatic rings. The summed E-state index contributed by atoms with van der Waals surface area (Å²) in [7, 11) is 1.74. The van der Waals surface area contributed by atoms with Crippen molar-refractivity contribution in [2.75, 3.05) is 46.5 Å². The van der Waals surface area contributed by atoms with E-state index in [-0.39, 0.29) is 23.8 Å². The van der Waals surface area contributed by atoms with Crippen molar-refractivity contribution >= 4 is 28.8 Å². The van der Waals surface area contributed by atoms with E-state index in [0.717, 1.165) is 51.3 Å². The van der Waals surface area contributed by atoms with Crippen LogP contribution in [0.2, 0.25) is 5.02 Å². The Balaban J connectivity index is 1.34. The summed E-state index contributed by atoms with van der Waals surface area (Å²) >= 11 is 5.82. The van der Waals surface area contributed by atoms with E-state index >= 15 is 0 Å². The molecule has 2 aromatic rings. The minimum atomic E-state index is -0.506. The molecule has 1 aromatic heterocycles. The summed E-state index contributed by atoms with van der Waals surface area (Å²) in [5.41, 5.74) is 2.56. The molecule has 0 unspecified atom stereocenters. The maximum atomic E-state index is 13.4. The van der Waals surface area contributed by atoms with Gasteiger partial charge in [0.1, 0.15) is 18.2 Å². The van der Waals surface area contributed by atoms with Crippen LogP contribution in [0.5, 0.6) is 5.75 Å². The number of hydrogen-bond donors (Lipinski definition) is 1. The van der Waals surface area contributed by atoms with Gasteiger partial charge in [0.25, 0.3) is 0 Å². The lowest BCUT2D eigenvalue weighted by Gasteiger charge is -2.31. The highest BCUT2D eigenvalue weighted by Crippen LogP contribution is 2.29. The fraction of sp³-hybridized carbons (Fsp3) is 0.480. The zero-order valence-electron chi connectivity index (χ0n) is 19.4. The zero-order valence-corrected chi connectivity index (χ0v) is 20.1. The second-order valence-electron chi connectivity index (χ2n) is 8.71. The van der Waals surface area contributed by atoms with Crippen LogP contribution in [0.4, 0.5) is 10.1 Å². The average Bonchev–Trinajstić information content (AvgIpc) is 2.84. The largest absolute Gasteiger partial charge is 0.488 e. The van der Waals surface area contributed by atoms with Gasteiger partial charge in [0, 0.05) is 38.0 Å². The monoisotopic (exact) mass is 488 g/mol. The van der Waals surface area contributed by atoms with Crippen LogP contribution in [0.25, 0.3) is 0 Å². The summed E-state index contributed by atoms with van der Waals surface area (Å²) in [5, 5.41) is 3.50. The highest BCUT2D eigenvalue weighted by Gasteiger charge is 2.24. The molecule has 0 atom stereocenters. The van der Waals surface area contributed by atoms with Crippen LogP contribution in [0, 0.1) is 11.7 Å². The topological polar surface area (TPSA) is 76.1 Å². The first-order chi connectivity index (χ1) is 16.5. The molecule has 2 aliphatic heterocycles. The molecule has 1 aromatic carbocycles. The Kier molecular flexibility index (Phi) is 8.61. The molecule has 9 heteroatoms. The van der Waals surface area contributed by atoms with Gasteiger partial charge in [0.05, 0.1) is 35.1 Å². The van der Waals surface area contributed by atoms with Gasteiger partial charge in [-0.1, -0.05) is 11.6 Å². The quantitative estimate of drug-likeness (QED) is 0.543. The molecule has 0 aliphatic carbocycles. The number of nitrogens with zero attached hydrogens (tertiary/aromatic N) is 3. The number of fused-ring (bicyclic) bond motifs is 1. The molecule has 0 amide bonds. The number of Topliss-reactive ketones (excluding diaryl/α,β-unsaturated/α-hetero) is 1. The van der Waals surface area contributed by atoms with Crippen LogP contribution in [-0.4, -0.2) is 67.9 Å². The first kappa shape index (κ1) is 24.7. The number of benzene rings is 1. The van der Waals surface area contributed by atoms with Crippen molar-refractivity contribution < 1.29 is 18.7 Å².